The molecule has 0 heterocycles. The van der Waals surface area contributed by atoms with Crippen molar-refractivity contribution < 1.29 is 9.53 Å². The molecular formula is C10H13NO2. The third-order valence-corrected chi connectivity index (χ3v) is 1.76. The van der Waals surface area contributed by atoms with Crippen molar-refractivity contribution in [2.75, 3.05) is 7.05 Å². The standard InChI is InChI=1S/C10H13NO2/c1-8(13-10(12)11-2)9-6-4-3-5-7-9/h3-8H,1-2H3,(H,11,12)/t8-/m1/s1. The second-order valence-corrected chi connectivity index (χ2v) is 2.71. The van der Waals surface area contributed by atoms with Crippen LogP contribution in [0.2, 0.25) is 0 Å². The van der Waals surface area contributed by atoms with Gasteiger partial charge in [0.2, 0.25) is 0 Å². The highest BCUT2D eigenvalue weighted by Gasteiger charge is 2.08. The largest absolute Gasteiger partial charge is 0.442 e. The van der Waals surface area contributed by atoms with Crippen molar-refractivity contribution >= 4 is 6.09 Å². The van der Waals surface area contributed by atoms with Gasteiger partial charge in [-0.3, -0.25) is 0 Å². The Balaban J connectivity index is 2.59. The normalized spacial score (nSPS) is 11.8. The van der Waals surface area contributed by atoms with E-state index in [1.165, 1.54) is 0 Å². The van der Waals surface area contributed by atoms with Crippen LogP contribution in [0.5, 0.6) is 0 Å². The van der Waals surface area contributed by atoms with Crippen LogP contribution in [0.1, 0.15) is 18.6 Å². The lowest BCUT2D eigenvalue weighted by atomic mass is 10.1. The molecule has 1 rings (SSSR count). The summed E-state index contributed by atoms with van der Waals surface area (Å²) in [4.78, 5) is 10.9. The number of benzene rings is 1. The first kappa shape index (κ1) is 9.58. The van der Waals surface area contributed by atoms with E-state index in [0.29, 0.717) is 0 Å². The van der Waals surface area contributed by atoms with Crippen LogP contribution in [0.15, 0.2) is 30.3 Å². The number of amides is 1. The van der Waals surface area contributed by atoms with E-state index in [-0.39, 0.29) is 6.10 Å². The zero-order valence-corrected chi connectivity index (χ0v) is 7.78. The lowest BCUT2D eigenvalue weighted by Gasteiger charge is -2.12. The number of hydrogen-bond donors (Lipinski definition) is 1. The molecule has 0 aliphatic rings. The average Bonchev–Trinajstić information content (AvgIpc) is 2.19. The number of hydrogen-bond acceptors (Lipinski definition) is 2. The van der Waals surface area contributed by atoms with E-state index in [4.69, 9.17) is 4.74 Å². The Hall–Kier alpha value is -1.51. The van der Waals surface area contributed by atoms with Crippen molar-refractivity contribution in [2.24, 2.45) is 0 Å². The molecule has 3 heteroatoms. The molecule has 1 aromatic rings. The van der Waals surface area contributed by atoms with E-state index >= 15 is 0 Å². The number of carbonyl (C=O) groups is 1. The lowest BCUT2D eigenvalue weighted by Crippen LogP contribution is -2.20. The van der Waals surface area contributed by atoms with Crippen LogP contribution in [0, 0.1) is 0 Å². The van der Waals surface area contributed by atoms with Crippen LogP contribution < -0.4 is 5.32 Å². The van der Waals surface area contributed by atoms with Crippen LogP contribution in [0.4, 0.5) is 4.79 Å². The summed E-state index contributed by atoms with van der Waals surface area (Å²) in [5.41, 5.74) is 0.992. The first-order chi connectivity index (χ1) is 6.24. The topological polar surface area (TPSA) is 38.3 Å². The van der Waals surface area contributed by atoms with Gasteiger partial charge >= 0.3 is 6.09 Å². The lowest BCUT2D eigenvalue weighted by molar-refractivity contribution is 0.109. The van der Waals surface area contributed by atoms with Crippen molar-refractivity contribution in [3.63, 3.8) is 0 Å². The molecule has 13 heavy (non-hydrogen) atoms. The van der Waals surface area contributed by atoms with Gasteiger partial charge in [0.1, 0.15) is 6.10 Å². The highest BCUT2D eigenvalue weighted by atomic mass is 16.6. The van der Waals surface area contributed by atoms with Gasteiger partial charge in [-0.05, 0) is 12.5 Å². The van der Waals surface area contributed by atoms with Crippen molar-refractivity contribution in [1.29, 1.82) is 0 Å². The number of rotatable bonds is 2. The van der Waals surface area contributed by atoms with E-state index in [2.05, 4.69) is 5.32 Å². The zero-order valence-electron chi connectivity index (χ0n) is 7.78. The van der Waals surface area contributed by atoms with Crippen LogP contribution in [-0.2, 0) is 4.74 Å². The van der Waals surface area contributed by atoms with Gasteiger partial charge < -0.3 is 10.1 Å². The molecule has 1 N–H and O–H groups in total. The summed E-state index contributed by atoms with van der Waals surface area (Å²) in [6.45, 7) is 1.84. The maximum absolute atomic E-state index is 10.9. The van der Waals surface area contributed by atoms with Gasteiger partial charge in [0.05, 0.1) is 0 Å². The predicted molar refractivity (Wildman–Crippen MR) is 50.4 cm³/mol. The smallest absolute Gasteiger partial charge is 0.407 e. The second-order valence-electron chi connectivity index (χ2n) is 2.71. The van der Waals surface area contributed by atoms with Crippen LogP contribution >= 0.6 is 0 Å². The third kappa shape index (κ3) is 2.78. The molecule has 70 valence electrons. The maximum Gasteiger partial charge on any atom is 0.407 e. The molecule has 0 aromatic heterocycles. The fourth-order valence-electron chi connectivity index (χ4n) is 1.01. The van der Waals surface area contributed by atoms with Gasteiger partial charge in [-0.15, -0.1) is 0 Å². The molecule has 0 radical (unpaired) electrons. The van der Waals surface area contributed by atoms with Crippen LogP contribution in [0.25, 0.3) is 0 Å². The Kier molecular flexibility index (Phi) is 3.31. The van der Waals surface area contributed by atoms with Gasteiger partial charge in [0, 0.05) is 7.05 Å². The van der Waals surface area contributed by atoms with Crippen molar-refractivity contribution in [3.05, 3.63) is 35.9 Å². The molecule has 1 amide bonds. The molecule has 0 aliphatic heterocycles. The minimum absolute atomic E-state index is 0.207. The number of ether oxygens (including phenoxy) is 1. The Morgan fingerprint density at radius 3 is 2.54 bits per heavy atom. The number of nitrogens with one attached hydrogen (secondary N) is 1. The number of carbonyl (C=O) groups excluding carboxylic acids is 1. The van der Waals surface area contributed by atoms with Gasteiger partial charge in [0.25, 0.3) is 0 Å². The SMILES string of the molecule is CNC(=O)O[C@H](C)c1ccccc1. The molecule has 0 bridgehead atoms. The average molecular weight is 179 g/mol. The Morgan fingerprint density at radius 1 is 1.38 bits per heavy atom. The third-order valence-electron chi connectivity index (χ3n) is 1.76. The molecule has 0 unspecified atom stereocenters. The first-order valence-electron chi connectivity index (χ1n) is 4.17. The molecule has 0 saturated carbocycles. The monoisotopic (exact) mass is 179 g/mol. The molecule has 1 aromatic carbocycles. The fourth-order valence-corrected chi connectivity index (χ4v) is 1.01. The minimum atomic E-state index is -0.406. The molecule has 0 spiro atoms. The van der Waals surface area contributed by atoms with Crippen LogP contribution in [0.3, 0.4) is 0 Å². The van der Waals surface area contributed by atoms with E-state index in [1.54, 1.807) is 7.05 Å². The highest BCUT2D eigenvalue weighted by molar-refractivity contribution is 5.67. The van der Waals surface area contributed by atoms with Gasteiger partial charge in [-0.1, -0.05) is 30.3 Å². The van der Waals surface area contributed by atoms with Crippen molar-refractivity contribution in [2.45, 2.75) is 13.0 Å². The summed E-state index contributed by atoms with van der Waals surface area (Å²) in [6.07, 6.45) is -0.613. The molecule has 0 saturated heterocycles. The van der Waals surface area contributed by atoms with E-state index in [0.717, 1.165) is 5.56 Å². The summed E-state index contributed by atoms with van der Waals surface area (Å²) in [6, 6.07) is 9.61. The summed E-state index contributed by atoms with van der Waals surface area (Å²) in [5.74, 6) is 0. The molecule has 0 aliphatic carbocycles. The van der Waals surface area contributed by atoms with Gasteiger partial charge in [0.15, 0.2) is 0 Å². The Bertz CT molecular complexity index is 272. The molecule has 0 fully saturated rings. The van der Waals surface area contributed by atoms with Crippen molar-refractivity contribution in [3.8, 4) is 0 Å². The summed E-state index contributed by atoms with van der Waals surface area (Å²) in [7, 11) is 1.54. The van der Waals surface area contributed by atoms with E-state index in [1.807, 2.05) is 37.3 Å². The fraction of sp³-hybridized carbons (Fsp3) is 0.300. The quantitative estimate of drug-likeness (QED) is 0.755. The molecule has 3 nitrogen and oxygen atoms in total. The summed E-state index contributed by atoms with van der Waals surface area (Å²) >= 11 is 0. The van der Waals surface area contributed by atoms with Gasteiger partial charge in [-0.2, -0.15) is 0 Å². The second kappa shape index (κ2) is 4.50. The van der Waals surface area contributed by atoms with E-state index < -0.39 is 6.09 Å². The molecule has 1 atom stereocenters. The van der Waals surface area contributed by atoms with Gasteiger partial charge in [-0.25, -0.2) is 4.79 Å². The van der Waals surface area contributed by atoms with E-state index in [9.17, 15) is 4.79 Å². The summed E-state index contributed by atoms with van der Waals surface area (Å²) < 4.78 is 5.04. The highest BCUT2D eigenvalue weighted by Crippen LogP contribution is 2.15. The minimum Gasteiger partial charge on any atom is -0.442 e. The van der Waals surface area contributed by atoms with Crippen LogP contribution in [-0.4, -0.2) is 13.1 Å². The summed E-state index contributed by atoms with van der Waals surface area (Å²) in [5, 5.41) is 2.40. The molecular weight excluding hydrogens is 166 g/mol. The van der Waals surface area contributed by atoms with Crippen molar-refractivity contribution in [1.82, 2.24) is 5.32 Å². The maximum atomic E-state index is 10.9. The first-order valence-corrected chi connectivity index (χ1v) is 4.17. The Labute approximate surface area is 77.7 Å². The number of alkyl carbamates (subject to hydrolysis) is 1. The Morgan fingerprint density at radius 2 is 2.00 bits per heavy atom. The zero-order chi connectivity index (χ0) is 9.68. The predicted octanol–water partition coefficient (Wildman–Crippen LogP) is 2.10.